The maximum absolute atomic E-state index is 13.1. The van der Waals surface area contributed by atoms with Gasteiger partial charge in [-0.2, -0.15) is 0 Å². The van der Waals surface area contributed by atoms with E-state index in [1.165, 1.54) is 10.0 Å². The summed E-state index contributed by atoms with van der Waals surface area (Å²) in [4.78, 5) is 0.166. The van der Waals surface area contributed by atoms with Crippen LogP contribution in [0.3, 0.4) is 0 Å². The number of aromatic nitrogens is 1. The van der Waals surface area contributed by atoms with Crippen molar-refractivity contribution in [3.05, 3.63) is 77.4 Å². The quantitative estimate of drug-likeness (QED) is 0.703. The summed E-state index contributed by atoms with van der Waals surface area (Å²) in [5.41, 5.74) is 2.35. The standard InChI is InChI=1S/C18H17ClN2O2S.ClH/c1-20-12-14-10-18(15-6-3-2-4-7-15)21(13-14)24(22,23)17-9-5-8-16(19)11-17;/h2-11,13,20H,12H2,1H3;1H. The van der Waals surface area contributed by atoms with E-state index in [0.29, 0.717) is 17.3 Å². The van der Waals surface area contributed by atoms with Crippen molar-refractivity contribution >= 4 is 34.0 Å². The number of nitrogens with one attached hydrogen (secondary N) is 1. The molecule has 132 valence electrons. The minimum absolute atomic E-state index is 0. The maximum atomic E-state index is 13.1. The SMILES string of the molecule is CNCc1cc(-c2ccccc2)n(S(=O)(=O)c2cccc(Cl)c2)c1.Cl. The molecule has 0 radical (unpaired) electrons. The lowest BCUT2D eigenvalue weighted by atomic mass is 10.1. The smallest absolute Gasteiger partial charge is 0.268 e. The van der Waals surface area contributed by atoms with Crippen LogP contribution < -0.4 is 5.32 Å². The number of hydrogen-bond acceptors (Lipinski definition) is 3. The third-order valence-corrected chi connectivity index (χ3v) is 5.55. The number of hydrogen-bond donors (Lipinski definition) is 1. The lowest BCUT2D eigenvalue weighted by Gasteiger charge is -2.11. The Morgan fingerprint density at radius 3 is 2.40 bits per heavy atom. The fraction of sp³-hybridized carbons (Fsp3) is 0.111. The molecule has 0 amide bonds. The van der Waals surface area contributed by atoms with E-state index in [1.807, 2.05) is 43.4 Å². The van der Waals surface area contributed by atoms with E-state index in [0.717, 1.165) is 11.1 Å². The first kappa shape index (κ1) is 19.5. The molecule has 0 aliphatic rings. The summed E-state index contributed by atoms with van der Waals surface area (Å²) in [7, 11) is -1.91. The fourth-order valence-electron chi connectivity index (χ4n) is 2.56. The Bertz CT molecular complexity index is 954. The summed E-state index contributed by atoms with van der Waals surface area (Å²) < 4.78 is 27.5. The summed E-state index contributed by atoms with van der Waals surface area (Å²) in [5.74, 6) is 0. The van der Waals surface area contributed by atoms with Gasteiger partial charge in [0.25, 0.3) is 10.0 Å². The van der Waals surface area contributed by atoms with E-state index in [1.54, 1.807) is 24.4 Å². The van der Waals surface area contributed by atoms with Crippen molar-refractivity contribution in [2.45, 2.75) is 11.4 Å². The average molecular weight is 397 g/mol. The molecule has 0 atom stereocenters. The number of rotatable bonds is 5. The van der Waals surface area contributed by atoms with Gasteiger partial charge in [0, 0.05) is 17.8 Å². The van der Waals surface area contributed by atoms with Crippen LogP contribution in [0.5, 0.6) is 0 Å². The highest BCUT2D eigenvalue weighted by atomic mass is 35.5. The number of nitrogens with zero attached hydrogens (tertiary/aromatic N) is 1. The summed E-state index contributed by atoms with van der Waals surface area (Å²) >= 11 is 5.97. The van der Waals surface area contributed by atoms with E-state index in [9.17, 15) is 8.42 Å². The van der Waals surface area contributed by atoms with E-state index in [-0.39, 0.29) is 17.3 Å². The highest BCUT2D eigenvalue weighted by Gasteiger charge is 2.22. The zero-order valence-corrected chi connectivity index (χ0v) is 15.9. The Balaban J connectivity index is 0.00000225. The molecule has 7 heteroatoms. The van der Waals surface area contributed by atoms with Gasteiger partial charge in [-0.05, 0) is 42.4 Å². The first-order chi connectivity index (χ1) is 11.5. The van der Waals surface area contributed by atoms with Crippen LogP contribution in [0.2, 0.25) is 5.02 Å². The van der Waals surface area contributed by atoms with Crippen LogP contribution in [0.25, 0.3) is 11.3 Å². The lowest BCUT2D eigenvalue weighted by Crippen LogP contribution is -2.13. The third kappa shape index (κ3) is 4.07. The predicted molar refractivity (Wildman–Crippen MR) is 104 cm³/mol. The molecule has 0 saturated heterocycles. The number of halogens is 2. The van der Waals surface area contributed by atoms with Crippen molar-refractivity contribution in [3.63, 3.8) is 0 Å². The van der Waals surface area contributed by atoms with Crippen molar-refractivity contribution in [2.75, 3.05) is 7.05 Å². The molecule has 0 unspecified atom stereocenters. The Morgan fingerprint density at radius 1 is 1.04 bits per heavy atom. The van der Waals surface area contributed by atoms with Crippen molar-refractivity contribution in [2.24, 2.45) is 0 Å². The van der Waals surface area contributed by atoms with Crippen molar-refractivity contribution in [1.29, 1.82) is 0 Å². The summed E-state index contributed by atoms with van der Waals surface area (Å²) in [5, 5.41) is 3.44. The Morgan fingerprint density at radius 2 is 1.76 bits per heavy atom. The highest BCUT2D eigenvalue weighted by Crippen LogP contribution is 2.28. The topological polar surface area (TPSA) is 51.1 Å². The molecule has 1 aromatic heterocycles. The molecule has 0 saturated carbocycles. The molecule has 25 heavy (non-hydrogen) atoms. The highest BCUT2D eigenvalue weighted by molar-refractivity contribution is 7.90. The van der Waals surface area contributed by atoms with E-state index in [2.05, 4.69) is 5.32 Å². The molecular weight excluding hydrogens is 379 g/mol. The van der Waals surface area contributed by atoms with Crippen LogP contribution in [0.1, 0.15) is 5.56 Å². The molecule has 3 aromatic rings. The van der Waals surface area contributed by atoms with Gasteiger partial charge in [-0.1, -0.05) is 48.0 Å². The minimum Gasteiger partial charge on any atom is -0.316 e. The second-order valence-electron chi connectivity index (χ2n) is 5.39. The molecule has 4 nitrogen and oxygen atoms in total. The second-order valence-corrected chi connectivity index (χ2v) is 7.64. The van der Waals surface area contributed by atoms with Gasteiger partial charge in [-0.25, -0.2) is 12.4 Å². The van der Waals surface area contributed by atoms with Crippen LogP contribution in [-0.4, -0.2) is 19.4 Å². The maximum Gasteiger partial charge on any atom is 0.268 e. The van der Waals surface area contributed by atoms with Crippen LogP contribution in [0.4, 0.5) is 0 Å². The Labute approximate surface area is 158 Å². The molecule has 3 rings (SSSR count). The molecule has 0 aliphatic heterocycles. The van der Waals surface area contributed by atoms with E-state index >= 15 is 0 Å². The lowest BCUT2D eigenvalue weighted by molar-refractivity contribution is 0.588. The summed E-state index contributed by atoms with van der Waals surface area (Å²) in [6.07, 6.45) is 1.65. The van der Waals surface area contributed by atoms with Gasteiger partial charge in [0.2, 0.25) is 0 Å². The van der Waals surface area contributed by atoms with Crippen molar-refractivity contribution < 1.29 is 8.42 Å². The normalized spacial score (nSPS) is 11.1. The van der Waals surface area contributed by atoms with Gasteiger partial charge in [-0.3, -0.25) is 0 Å². The zero-order valence-electron chi connectivity index (χ0n) is 13.5. The van der Waals surface area contributed by atoms with Gasteiger partial charge in [0.1, 0.15) is 0 Å². The zero-order chi connectivity index (χ0) is 17.2. The molecule has 0 spiro atoms. The van der Waals surface area contributed by atoms with Crippen molar-refractivity contribution in [1.82, 2.24) is 9.29 Å². The second kappa shape index (κ2) is 8.06. The molecule has 0 aliphatic carbocycles. The molecule has 2 aromatic carbocycles. The van der Waals surface area contributed by atoms with Crippen LogP contribution >= 0.6 is 24.0 Å². The minimum atomic E-state index is -3.73. The van der Waals surface area contributed by atoms with E-state index < -0.39 is 10.0 Å². The van der Waals surface area contributed by atoms with Gasteiger partial charge in [-0.15, -0.1) is 12.4 Å². The molecular formula is C18H18Cl2N2O2S. The monoisotopic (exact) mass is 396 g/mol. The average Bonchev–Trinajstić information content (AvgIpc) is 3.01. The fourth-order valence-corrected chi connectivity index (χ4v) is 4.26. The third-order valence-electron chi connectivity index (χ3n) is 3.65. The van der Waals surface area contributed by atoms with E-state index in [4.69, 9.17) is 11.6 Å². The Hall–Kier alpha value is -1.79. The first-order valence-electron chi connectivity index (χ1n) is 7.45. The molecule has 1 N–H and O–H groups in total. The summed E-state index contributed by atoms with van der Waals surface area (Å²) in [6.45, 7) is 0.581. The molecule has 0 fully saturated rings. The van der Waals surface area contributed by atoms with Gasteiger partial charge in [0.05, 0.1) is 10.6 Å². The molecule has 0 bridgehead atoms. The Kier molecular flexibility index (Phi) is 6.30. The molecule has 1 heterocycles. The van der Waals surface area contributed by atoms with Crippen molar-refractivity contribution in [3.8, 4) is 11.3 Å². The van der Waals surface area contributed by atoms with Crippen LogP contribution in [0.15, 0.2) is 71.8 Å². The van der Waals surface area contributed by atoms with Gasteiger partial charge < -0.3 is 5.32 Å². The first-order valence-corrected chi connectivity index (χ1v) is 9.26. The number of benzene rings is 2. The van der Waals surface area contributed by atoms with Gasteiger partial charge >= 0.3 is 0 Å². The van der Waals surface area contributed by atoms with Crippen LogP contribution in [0, 0.1) is 0 Å². The van der Waals surface area contributed by atoms with Gasteiger partial charge in [0.15, 0.2) is 0 Å². The largest absolute Gasteiger partial charge is 0.316 e. The predicted octanol–water partition coefficient (Wildman–Crippen LogP) is 4.19. The van der Waals surface area contributed by atoms with Crippen LogP contribution in [-0.2, 0) is 16.6 Å². The summed E-state index contributed by atoms with van der Waals surface area (Å²) in [6, 6.07) is 17.6.